The summed E-state index contributed by atoms with van der Waals surface area (Å²) in [5.74, 6) is 2.88. The minimum atomic E-state index is 0.497. The first kappa shape index (κ1) is 12.7. The minimum absolute atomic E-state index is 0.497. The van der Waals surface area contributed by atoms with Gasteiger partial charge in [0.2, 0.25) is 0 Å². The van der Waals surface area contributed by atoms with Crippen molar-refractivity contribution in [2.45, 2.75) is 46.2 Å². The minimum Gasteiger partial charge on any atom is -0.465 e. The molecular formula is C14H24N2O. The molecule has 1 aromatic heterocycles. The van der Waals surface area contributed by atoms with Crippen LogP contribution < -0.4 is 5.73 Å². The third-order valence-corrected chi connectivity index (χ3v) is 3.42. The topological polar surface area (TPSA) is 42.4 Å². The van der Waals surface area contributed by atoms with Crippen molar-refractivity contribution >= 4 is 0 Å². The Hall–Kier alpha value is -0.800. The van der Waals surface area contributed by atoms with E-state index >= 15 is 0 Å². The fourth-order valence-corrected chi connectivity index (χ4v) is 2.30. The van der Waals surface area contributed by atoms with Gasteiger partial charge in [0.1, 0.15) is 11.5 Å². The highest BCUT2D eigenvalue weighted by Crippen LogP contribution is 2.30. The Morgan fingerprint density at radius 2 is 2.24 bits per heavy atom. The van der Waals surface area contributed by atoms with Crippen LogP contribution in [-0.4, -0.2) is 18.0 Å². The summed E-state index contributed by atoms with van der Waals surface area (Å²) < 4.78 is 5.61. The van der Waals surface area contributed by atoms with Crippen molar-refractivity contribution in [3.05, 3.63) is 23.2 Å². The van der Waals surface area contributed by atoms with Crippen LogP contribution in [0.25, 0.3) is 0 Å². The van der Waals surface area contributed by atoms with Gasteiger partial charge in [-0.05, 0) is 44.7 Å². The number of aryl methyl sites for hydroxylation is 1. The smallest absolute Gasteiger partial charge is 0.118 e. The number of nitrogens with zero attached hydrogens (tertiary/aromatic N) is 1. The van der Waals surface area contributed by atoms with Crippen LogP contribution in [-0.2, 0) is 13.1 Å². The molecule has 0 amide bonds. The Morgan fingerprint density at radius 3 is 2.76 bits per heavy atom. The van der Waals surface area contributed by atoms with Crippen LogP contribution in [0.15, 0.2) is 10.5 Å². The van der Waals surface area contributed by atoms with Crippen LogP contribution in [0.1, 0.15) is 43.3 Å². The van der Waals surface area contributed by atoms with Gasteiger partial charge in [-0.25, -0.2) is 0 Å². The second-order valence-corrected chi connectivity index (χ2v) is 5.18. The van der Waals surface area contributed by atoms with E-state index in [1.807, 2.05) is 6.92 Å². The average Bonchev–Trinajstić information content (AvgIpc) is 3.04. The molecule has 0 aliphatic heterocycles. The van der Waals surface area contributed by atoms with Gasteiger partial charge in [-0.1, -0.05) is 6.92 Å². The lowest BCUT2D eigenvalue weighted by molar-refractivity contribution is 0.253. The van der Waals surface area contributed by atoms with Gasteiger partial charge < -0.3 is 10.2 Å². The maximum Gasteiger partial charge on any atom is 0.118 e. The molecule has 1 aliphatic carbocycles. The molecule has 1 aromatic rings. The zero-order valence-electron chi connectivity index (χ0n) is 11.0. The SMILES string of the molecule is CCCN(Cc1cc(CN)oc1C)CC1CC1. The molecule has 17 heavy (non-hydrogen) atoms. The van der Waals surface area contributed by atoms with E-state index < -0.39 is 0 Å². The molecule has 0 saturated heterocycles. The van der Waals surface area contributed by atoms with E-state index in [1.54, 1.807) is 0 Å². The molecule has 96 valence electrons. The summed E-state index contributed by atoms with van der Waals surface area (Å²) in [6.45, 7) is 8.22. The molecule has 0 aromatic carbocycles. The van der Waals surface area contributed by atoms with Crippen molar-refractivity contribution in [3.63, 3.8) is 0 Å². The first-order valence-electron chi connectivity index (χ1n) is 6.73. The Kier molecular flexibility index (Phi) is 4.24. The monoisotopic (exact) mass is 236 g/mol. The van der Waals surface area contributed by atoms with Crippen LogP contribution in [0.5, 0.6) is 0 Å². The molecule has 3 heteroatoms. The zero-order valence-corrected chi connectivity index (χ0v) is 11.0. The summed E-state index contributed by atoms with van der Waals surface area (Å²) in [5.41, 5.74) is 6.91. The van der Waals surface area contributed by atoms with E-state index in [2.05, 4.69) is 17.9 Å². The second-order valence-electron chi connectivity index (χ2n) is 5.18. The van der Waals surface area contributed by atoms with Gasteiger partial charge in [-0.3, -0.25) is 4.90 Å². The molecule has 0 atom stereocenters. The molecule has 2 N–H and O–H groups in total. The van der Waals surface area contributed by atoms with Gasteiger partial charge >= 0.3 is 0 Å². The normalized spacial score (nSPS) is 15.8. The number of hydrogen-bond donors (Lipinski definition) is 1. The standard InChI is InChI=1S/C14H24N2O/c1-3-6-16(9-12-4-5-12)10-13-7-14(8-15)17-11(13)2/h7,12H,3-6,8-10,15H2,1-2H3. The molecule has 2 rings (SSSR count). The van der Waals surface area contributed by atoms with Gasteiger partial charge in [-0.15, -0.1) is 0 Å². The van der Waals surface area contributed by atoms with Crippen LogP contribution in [0.3, 0.4) is 0 Å². The van der Waals surface area contributed by atoms with Gasteiger partial charge in [0.15, 0.2) is 0 Å². The lowest BCUT2D eigenvalue weighted by Crippen LogP contribution is -2.26. The van der Waals surface area contributed by atoms with Gasteiger partial charge in [0.05, 0.1) is 6.54 Å². The summed E-state index contributed by atoms with van der Waals surface area (Å²) in [4.78, 5) is 2.55. The summed E-state index contributed by atoms with van der Waals surface area (Å²) >= 11 is 0. The molecule has 0 spiro atoms. The van der Waals surface area contributed by atoms with Crippen molar-refractivity contribution in [1.29, 1.82) is 0 Å². The Balaban J connectivity index is 1.96. The number of nitrogens with two attached hydrogens (primary N) is 1. The van der Waals surface area contributed by atoms with E-state index in [0.29, 0.717) is 6.54 Å². The molecule has 1 aliphatic rings. The number of furan rings is 1. The summed E-state index contributed by atoms with van der Waals surface area (Å²) in [6, 6.07) is 2.12. The molecule has 3 nitrogen and oxygen atoms in total. The Morgan fingerprint density at radius 1 is 1.47 bits per heavy atom. The van der Waals surface area contributed by atoms with Crippen molar-refractivity contribution < 1.29 is 4.42 Å². The predicted octanol–water partition coefficient (Wildman–Crippen LogP) is 2.67. The van der Waals surface area contributed by atoms with Gasteiger partial charge in [0, 0.05) is 18.7 Å². The summed E-state index contributed by atoms with van der Waals surface area (Å²) in [7, 11) is 0. The highest BCUT2D eigenvalue weighted by atomic mass is 16.3. The maximum atomic E-state index is 5.61. The largest absolute Gasteiger partial charge is 0.465 e. The average molecular weight is 236 g/mol. The lowest BCUT2D eigenvalue weighted by Gasteiger charge is -2.21. The Labute approximate surface area is 104 Å². The van der Waals surface area contributed by atoms with Crippen LogP contribution in [0, 0.1) is 12.8 Å². The third-order valence-electron chi connectivity index (χ3n) is 3.42. The van der Waals surface area contributed by atoms with E-state index in [4.69, 9.17) is 10.2 Å². The van der Waals surface area contributed by atoms with Crippen molar-refractivity contribution in [2.24, 2.45) is 11.7 Å². The molecule has 0 unspecified atom stereocenters. The fraction of sp³-hybridized carbons (Fsp3) is 0.714. The highest BCUT2D eigenvalue weighted by Gasteiger charge is 2.24. The van der Waals surface area contributed by atoms with Crippen molar-refractivity contribution in [2.75, 3.05) is 13.1 Å². The zero-order chi connectivity index (χ0) is 12.3. The Bertz CT molecular complexity index is 355. The van der Waals surface area contributed by atoms with Gasteiger partial charge in [0.25, 0.3) is 0 Å². The second kappa shape index (κ2) is 5.69. The van der Waals surface area contributed by atoms with E-state index in [9.17, 15) is 0 Å². The van der Waals surface area contributed by atoms with E-state index in [-0.39, 0.29) is 0 Å². The van der Waals surface area contributed by atoms with Crippen LogP contribution >= 0.6 is 0 Å². The predicted molar refractivity (Wildman–Crippen MR) is 69.6 cm³/mol. The molecule has 0 bridgehead atoms. The maximum absolute atomic E-state index is 5.61. The third kappa shape index (κ3) is 3.58. The first-order valence-corrected chi connectivity index (χ1v) is 6.73. The van der Waals surface area contributed by atoms with Crippen LogP contribution in [0.2, 0.25) is 0 Å². The first-order chi connectivity index (χ1) is 8.22. The highest BCUT2D eigenvalue weighted by molar-refractivity contribution is 5.20. The molecule has 0 radical (unpaired) electrons. The fourth-order valence-electron chi connectivity index (χ4n) is 2.30. The van der Waals surface area contributed by atoms with Crippen molar-refractivity contribution in [1.82, 2.24) is 4.90 Å². The quantitative estimate of drug-likeness (QED) is 0.791. The van der Waals surface area contributed by atoms with Crippen LogP contribution in [0.4, 0.5) is 0 Å². The number of hydrogen-bond acceptors (Lipinski definition) is 3. The van der Waals surface area contributed by atoms with E-state index in [0.717, 1.165) is 24.0 Å². The number of rotatable bonds is 7. The summed E-state index contributed by atoms with van der Waals surface area (Å²) in [5, 5.41) is 0. The van der Waals surface area contributed by atoms with Crippen molar-refractivity contribution in [3.8, 4) is 0 Å². The van der Waals surface area contributed by atoms with Gasteiger partial charge in [-0.2, -0.15) is 0 Å². The molecule has 1 heterocycles. The molecular weight excluding hydrogens is 212 g/mol. The summed E-state index contributed by atoms with van der Waals surface area (Å²) in [6.07, 6.45) is 4.05. The lowest BCUT2D eigenvalue weighted by atomic mass is 10.2. The molecule has 1 fully saturated rings. The van der Waals surface area contributed by atoms with E-state index in [1.165, 1.54) is 37.9 Å². The molecule has 1 saturated carbocycles.